The Labute approximate surface area is 94.6 Å². The molecule has 84 valence electrons. The van der Waals surface area contributed by atoms with Crippen LogP contribution in [0.1, 0.15) is 12.8 Å². The molecular formula is C8H17BrN2O2S. The summed E-state index contributed by atoms with van der Waals surface area (Å²) in [4.78, 5) is 0.586. The Balaban J connectivity index is 2.46. The van der Waals surface area contributed by atoms with Crippen LogP contribution in [-0.4, -0.2) is 49.5 Å². The molecule has 0 amide bonds. The fourth-order valence-electron chi connectivity index (χ4n) is 1.54. The van der Waals surface area contributed by atoms with Crippen molar-refractivity contribution < 1.29 is 8.42 Å². The summed E-state index contributed by atoms with van der Waals surface area (Å²) in [5.41, 5.74) is 0. The molecule has 0 N–H and O–H groups in total. The van der Waals surface area contributed by atoms with Gasteiger partial charge in [-0.3, -0.25) is 0 Å². The van der Waals surface area contributed by atoms with Crippen molar-refractivity contribution in [2.45, 2.75) is 17.7 Å². The lowest BCUT2D eigenvalue weighted by molar-refractivity contribution is 0.268. The highest BCUT2D eigenvalue weighted by Gasteiger charge is 2.31. The Morgan fingerprint density at radius 1 is 1.29 bits per heavy atom. The summed E-state index contributed by atoms with van der Waals surface area (Å²) in [5, 5.41) is 0. The van der Waals surface area contributed by atoms with Crippen molar-refractivity contribution in [1.82, 2.24) is 8.61 Å². The molecule has 14 heavy (non-hydrogen) atoms. The first-order chi connectivity index (χ1) is 6.34. The summed E-state index contributed by atoms with van der Waals surface area (Å²) < 4.78 is 25.9. The van der Waals surface area contributed by atoms with Crippen molar-refractivity contribution in [3.63, 3.8) is 0 Å². The molecule has 0 spiro atoms. The summed E-state index contributed by atoms with van der Waals surface area (Å²) in [5.74, 6) is 0.513. The molecule has 0 saturated heterocycles. The van der Waals surface area contributed by atoms with Crippen molar-refractivity contribution in [2.75, 3.05) is 27.7 Å². The van der Waals surface area contributed by atoms with Gasteiger partial charge in [0.05, 0.1) is 0 Å². The molecule has 1 saturated carbocycles. The van der Waals surface area contributed by atoms with E-state index in [2.05, 4.69) is 15.9 Å². The zero-order valence-corrected chi connectivity index (χ0v) is 11.2. The maximum absolute atomic E-state index is 11.6. The Bertz CT molecular complexity index is 286. The predicted molar refractivity (Wildman–Crippen MR) is 60.7 cm³/mol. The van der Waals surface area contributed by atoms with Gasteiger partial charge in [-0.15, -0.1) is 0 Å². The van der Waals surface area contributed by atoms with Gasteiger partial charge in [-0.05, 0) is 18.8 Å². The number of nitrogens with zero attached hydrogens (tertiary/aromatic N) is 2. The molecule has 1 aliphatic carbocycles. The van der Waals surface area contributed by atoms with Crippen molar-refractivity contribution in [3.05, 3.63) is 0 Å². The third-order valence-corrected chi connectivity index (χ3v) is 5.16. The number of rotatable bonds is 4. The quantitative estimate of drug-likeness (QED) is 0.720. The van der Waals surface area contributed by atoms with E-state index >= 15 is 0 Å². The van der Waals surface area contributed by atoms with Crippen molar-refractivity contribution >= 4 is 26.1 Å². The standard InChI is InChI=1S/C8H17BrN2O2S/c1-10(2)14(12,13)11(3)6-7-4-8(9)5-7/h7-8H,4-6H2,1-3H3. The lowest BCUT2D eigenvalue weighted by Gasteiger charge is -2.34. The monoisotopic (exact) mass is 284 g/mol. The largest absolute Gasteiger partial charge is 0.281 e. The smallest absolute Gasteiger partial charge is 0.195 e. The molecule has 0 aromatic heterocycles. The molecule has 0 aromatic carbocycles. The van der Waals surface area contributed by atoms with Crippen LogP contribution in [0.15, 0.2) is 0 Å². The van der Waals surface area contributed by atoms with Gasteiger partial charge in [0.25, 0.3) is 10.2 Å². The SMILES string of the molecule is CN(C)S(=O)(=O)N(C)CC1CC(Br)C1. The second-order valence-electron chi connectivity index (χ2n) is 4.01. The molecule has 0 heterocycles. The van der Waals surface area contributed by atoms with Gasteiger partial charge in [0, 0.05) is 32.5 Å². The molecular weight excluding hydrogens is 268 g/mol. The average Bonchev–Trinajstić information content (AvgIpc) is 2.01. The molecule has 1 fully saturated rings. The van der Waals surface area contributed by atoms with E-state index in [0.717, 1.165) is 12.8 Å². The highest BCUT2D eigenvalue weighted by molar-refractivity contribution is 9.09. The lowest BCUT2D eigenvalue weighted by atomic mass is 9.85. The number of alkyl halides is 1. The normalized spacial score (nSPS) is 28.1. The van der Waals surface area contributed by atoms with Crippen LogP contribution in [0, 0.1) is 5.92 Å². The van der Waals surface area contributed by atoms with Crippen molar-refractivity contribution in [2.24, 2.45) is 5.92 Å². The number of hydrogen-bond acceptors (Lipinski definition) is 2. The molecule has 0 radical (unpaired) electrons. The topological polar surface area (TPSA) is 40.6 Å². The minimum absolute atomic E-state index is 0.513. The molecule has 1 aliphatic rings. The van der Waals surface area contributed by atoms with E-state index in [1.165, 1.54) is 8.61 Å². The van der Waals surface area contributed by atoms with Gasteiger partial charge in [-0.1, -0.05) is 15.9 Å². The van der Waals surface area contributed by atoms with Crippen LogP contribution in [0.2, 0.25) is 0 Å². The summed E-state index contributed by atoms with van der Waals surface area (Å²) in [6, 6.07) is 0. The van der Waals surface area contributed by atoms with E-state index in [0.29, 0.717) is 17.3 Å². The second kappa shape index (κ2) is 4.47. The summed E-state index contributed by atoms with van der Waals surface area (Å²) in [6.45, 7) is 0.628. The lowest BCUT2D eigenvalue weighted by Crippen LogP contribution is -2.42. The first-order valence-corrected chi connectivity index (χ1v) is 6.93. The van der Waals surface area contributed by atoms with Crippen molar-refractivity contribution in [1.29, 1.82) is 0 Å². The van der Waals surface area contributed by atoms with Crippen LogP contribution in [0.3, 0.4) is 0 Å². The van der Waals surface area contributed by atoms with E-state index < -0.39 is 10.2 Å². The third kappa shape index (κ3) is 2.68. The van der Waals surface area contributed by atoms with E-state index in [4.69, 9.17) is 0 Å². The Hall–Kier alpha value is 0.350. The zero-order valence-electron chi connectivity index (χ0n) is 8.77. The molecule has 0 aromatic rings. The number of hydrogen-bond donors (Lipinski definition) is 0. The molecule has 1 rings (SSSR count). The maximum Gasteiger partial charge on any atom is 0.281 e. The second-order valence-corrected chi connectivity index (χ2v) is 7.55. The van der Waals surface area contributed by atoms with Gasteiger partial charge in [-0.25, -0.2) is 0 Å². The Kier molecular flexibility index (Phi) is 3.96. The van der Waals surface area contributed by atoms with Crippen LogP contribution < -0.4 is 0 Å². The molecule has 0 bridgehead atoms. The number of halogens is 1. The first-order valence-electron chi connectivity index (χ1n) is 4.62. The van der Waals surface area contributed by atoms with Crippen molar-refractivity contribution in [3.8, 4) is 0 Å². The van der Waals surface area contributed by atoms with E-state index in [-0.39, 0.29) is 0 Å². The summed E-state index contributed by atoms with van der Waals surface area (Å²) in [6.07, 6.45) is 2.15. The van der Waals surface area contributed by atoms with Gasteiger partial charge in [-0.2, -0.15) is 17.0 Å². The fourth-order valence-corrected chi connectivity index (χ4v) is 3.55. The Morgan fingerprint density at radius 3 is 2.14 bits per heavy atom. The predicted octanol–water partition coefficient (Wildman–Crippen LogP) is 0.898. The molecule has 6 heteroatoms. The van der Waals surface area contributed by atoms with Gasteiger partial charge < -0.3 is 0 Å². The first kappa shape index (κ1) is 12.4. The molecule has 0 aliphatic heterocycles. The molecule has 0 unspecified atom stereocenters. The highest BCUT2D eigenvalue weighted by atomic mass is 79.9. The van der Waals surface area contributed by atoms with Gasteiger partial charge in [0.15, 0.2) is 0 Å². The average molecular weight is 285 g/mol. The van der Waals surface area contributed by atoms with Crippen LogP contribution in [0.25, 0.3) is 0 Å². The zero-order chi connectivity index (χ0) is 10.9. The summed E-state index contributed by atoms with van der Waals surface area (Å²) in [7, 11) is 1.53. The minimum atomic E-state index is -3.21. The van der Waals surface area contributed by atoms with E-state index in [9.17, 15) is 8.42 Å². The fraction of sp³-hybridized carbons (Fsp3) is 1.00. The van der Waals surface area contributed by atoms with Crippen LogP contribution in [0.5, 0.6) is 0 Å². The molecule has 0 atom stereocenters. The summed E-state index contributed by atoms with van der Waals surface area (Å²) >= 11 is 3.49. The Morgan fingerprint density at radius 2 is 1.79 bits per heavy atom. The van der Waals surface area contributed by atoms with Gasteiger partial charge >= 0.3 is 0 Å². The van der Waals surface area contributed by atoms with Crippen LogP contribution in [-0.2, 0) is 10.2 Å². The van der Waals surface area contributed by atoms with Gasteiger partial charge in [0.1, 0.15) is 0 Å². The van der Waals surface area contributed by atoms with E-state index in [1.54, 1.807) is 21.1 Å². The van der Waals surface area contributed by atoms with Crippen LogP contribution >= 0.6 is 15.9 Å². The van der Waals surface area contributed by atoms with Gasteiger partial charge in [0.2, 0.25) is 0 Å². The molecule has 4 nitrogen and oxygen atoms in total. The maximum atomic E-state index is 11.6. The van der Waals surface area contributed by atoms with E-state index in [1.807, 2.05) is 0 Å². The van der Waals surface area contributed by atoms with Crippen LogP contribution in [0.4, 0.5) is 0 Å². The third-order valence-electron chi connectivity index (χ3n) is 2.55. The minimum Gasteiger partial charge on any atom is -0.195 e. The highest BCUT2D eigenvalue weighted by Crippen LogP contribution is 2.33.